The first-order chi connectivity index (χ1) is 25.8. The summed E-state index contributed by atoms with van der Waals surface area (Å²) in [5, 5.41) is 18.0. The van der Waals surface area contributed by atoms with Crippen LogP contribution in [0.4, 0.5) is 0 Å². The molecule has 9 heterocycles. The van der Waals surface area contributed by atoms with Crippen molar-refractivity contribution in [2.45, 2.75) is 5.66 Å². The highest BCUT2D eigenvalue weighted by atomic mass is 16.5. The van der Waals surface area contributed by atoms with Gasteiger partial charge in [-0.05, 0) is 99.0 Å². The highest BCUT2D eigenvalue weighted by molar-refractivity contribution is 6.33. The molecule has 0 fully saturated rings. The summed E-state index contributed by atoms with van der Waals surface area (Å²) >= 11 is 0. The van der Waals surface area contributed by atoms with Gasteiger partial charge in [0.25, 0.3) is 11.3 Å². The molecule has 0 radical (unpaired) electrons. The Balaban J connectivity index is 1.27. The van der Waals surface area contributed by atoms with Crippen LogP contribution in [0.25, 0.3) is 109 Å². The van der Waals surface area contributed by atoms with E-state index in [-0.39, 0.29) is 0 Å². The van der Waals surface area contributed by atoms with Gasteiger partial charge in [-0.3, -0.25) is 0 Å². The Morgan fingerprint density at radius 3 is 1.69 bits per heavy atom. The summed E-state index contributed by atoms with van der Waals surface area (Å²) in [5.41, 5.74) is 9.11. The number of nitrogens with zero attached hydrogens (tertiary/aromatic N) is 4. The second-order valence-corrected chi connectivity index (χ2v) is 15.2. The Morgan fingerprint density at radius 2 is 0.942 bits per heavy atom. The van der Waals surface area contributed by atoms with Gasteiger partial charge in [0.15, 0.2) is 11.0 Å². The van der Waals surface area contributed by atoms with Gasteiger partial charge in [-0.2, -0.15) is 17.9 Å². The zero-order chi connectivity index (χ0) is 32.9. The number of pyridine rings is 4. The lowest BCUT2D eigenvalue weighted by atomic mass is 9.80. The molecule has 13 aromatic rings. The van der Waals surface area contributed by atoms with Crippen LogP contribution in [0.5, 0.6) is 11.5 Å². The van der Waals surface area contributed by atoms with Gasteiger partial charge in [-0.25, -0.2) is 0 Å². The summed E-state index contributed by atoms with van der Waals surface area (Å²) in [6, 6.07) is 45.7. The van der Waals surface area contributed by atoms with Gasteiger partial charge in [0.1, 0.15) is 33.7 Å². The summed E-state index contributed by atoms with van der Waals surface area (Å²) < 4.78 is 17.5. The Kier molecular flexibility index (Phi) is 3.38. The van der Waals surface area contributed by atoms with Crippen LogP contribution in [0.3, 0.4) is 0 Å². The predicted octanol–water partition coefficient (Wildman–Crippen LogP) is 10.1. The third-order valence-corrected chi connectivity index (χ3v) is 13.3. The average Bonchev–Trinajstić information content (AvgIpc) is 3.73. The van der Waals surface area contributed by atoms with Gasteiger partial charge < -0.3 is 4.74 Å². The summed E-state index contributed by atoms with van der Waals surface area (Å²) in [6.07, 6.45) is 4.65. The zero-order valence-corrected chi connectivity index (χ0v) is 27.4. The number of rotatable bonds is 0. The third-order valence-electron chi connectivity index (χ3n) is 13.3. The number of fused-ring (bicyclic) bond motifs is 6. The van der Waals surface area contributed by atoms with Crippen molar-refractivity contribution in [3.8, 4) is 11.5 Å². The Bertz CT molecular complexity index is 3960. The molecule has 0 N–H and O–H groups in total. The highest BCUT2D eigenvalue weighted by Crippen LogP contribution is 2.57. The van der Waals surface area contributed by atoms with Crippen LogP contribution < -0.4 is 13.9 Å². The molecule has 0 aliphatic carbocycles. The van der Waals surface area contributed by atoms with Crippen molar-refractivity contribution >= 4 is 109 Å². The normalized spacial score (nSPS) is 17.1. The van der Waals surface area contributed by atoms with Crippen LogP contribution in [0, 0.1) is 0 Å². The van der Waals surface area contributed by atoms with Gasteiger partial charge in [-0.15, -0.1) is 0 Å². The summed E-state index contributed by atoms with van der Waals surface area (Å²) in [6.45, 7) is 0. The maximum Gasteiger partial charge on any atom is 0.321 e. The largest absolute Gasteiger partial charge is 0.456 e. The molecule has 52 heavy (non-hydrogen) atoms. The zero-order valence-electron chi connectivity index (χ0n) is 27.4. The number of benzene rings is 7. The molecular weight excluding hydrogens is 637 g/mol. The van der Waals surface area contributed by atoms with Crippen LogP contribution in [0.1, 0.15) is 11.1 Å². The van der Waals surface area contributed by atoms with Crippen molar-refractivity contribution in [1.82, 2.24) is 8.80 Å². The van der Waals surface area contributed by atoms with Crippen molar-refractivity contribution < 1.29 is 13.9 Å². The maximum absolute atomic E-state index is 7.18. The van der Waals surface area contributed by atoms with Crippen molar-refractivity contribution in [3.63, 3.8) is 0 Å². The van der Waals surface area contributed by atoms with Crippen LogP contribution in [0.15, 0.2) is 134 Å². The topological polar surface area (TPSA) is 25.8 Å². The fourth-order valence-corrected chi connectivity index (χ4v) is 11.7. The smallest absolute Gasteiger partial charge is 0.321 e. The van der Waals surface area contributed by atoms with E-state index in [1.54, 1.807) is 0 Å². The highest BCUT2D eigenvalue weighted by Gasteiger charge is 2.63. The molecule has 7 aromatic carbocycles. The SMILES string of the molecule is c1ccc2c(c1)cc1c3ccc4c5c3n3c6c(ccc2c16)c1ccc[n+](c13)C51c2c(ccc3c5cccc6ccc7c8ccc[n+]1c8n(c23)c7c65)O4. The first-order valence-electron chi connectivity index (χ1n) is 18.1. The van der Waals surface area contributed by atoms with Crippen molar-refractivity contribution in [2.75, 3.05) is 0 Å². The average molecular weight is 659 g/mol. The van der Waals surface area contributed by atoms with Gasteiger partial charge in [-0.1, -0.05) is 54.6 Å². The molecule has 234 valence electrons. The summed E-state index contributed by atoms with van der Waals surface area (Å²) in [7, 11) is 0. The second-order valence-electron chi connectivity index (χ2n) is 15.2. The lowest BCUT2D eigenvalue weighted by molar-refractivity contribution is -0.953. The van der Waals surface area contributed by atoms with E-state index in [0.29, 0.717) is 0 Å². The van der Waals surface area contributed by atoms with E-state index in [0.717, 1.165) is 11.5 Å². The monoisotopic (exact) mass is 658 g/mol. The van der Waals surface area contributed by atoms with E-state index in [4.69, 9.17) is 4.74 Å². The lowest BCUT2D eigenvalue weighted by Crippen LogP contribution is -2.77. The molecule has 0 saturated heterocycles. The minimum absolute atomic E-state index is 0.758. The first kappa shape index (κ1) is 24.2. The molecule has 3 aliphatic rings. The predicted molar refractivity (Wildman–Crippen MR) is 207 cm³/mol. The first-order valence-corrected chi connectivity index (χ1v) is 18.1. The van der Waals surface area contributed by atoms with Crippen LogP contribution in [0.2, 0.25) is 0 Å². The summed E-state index contributed by atoms with van der Waals surface area (Å²) in [4.78, 5) is 0. The third kappa shape index (κ3) is 2.10. The number of ether oxygens (including phenoxy) is 1. The van der Waals surface area contributed by atoms with Crippen LogP contribution in [-0.4, -0.2) is 8.80 Å². The van der Waals surface area contributed by atoms with E-state index in [2.05, 4.69) is 152 Å². The molecule has 1 unspecified atom stereocenters. The van der Waals surface area contributed by atoms with Crippen molar-refractivity contribution in [3.05, 3.63) is 145 Å². The van der Waals surface area contributed by atoms with Gasteiger partial charge in [0.05, 0.1) is 23.2 Å². The number of aromatic nitrogens is 4. The molecule has 3 aliphatic heterocycles. The molecule has 16 rings (SSSR count). The van der Waals surface area contributed by atoms with Gasteiger partial charge >= 0.3 is 5.66 Å². The lowest BCUT2D eigenvalue weighted by Gasteiger charge is -2.39. The minimum Gasteiger partial charge on any atom is -0.456 e. The molecule has 0 saturated carbocycles. The fraction of sp³-hybridized carbons (Fsp3) is 0.0213. The Morgan fingerprint density at radius 1 is 0.404 bits per heavy atom. The molecule has 1 spiro atoms. The molecule has 5 heteroatoms. The molecule has 6 aromatic heterocycles. The molecule has 1 atom stereocenters. The Hall–Kier alpha value is -6.98. The molecule has 5 nitrogen and oxygen atoms in total. The maximum atomic E-state index is 7.18. The fourth-order valence-electron chi connectivity index (χ4n) is 11.7. The molecular formula is C47H22N4O+2. The van der Waals surface area contributed by atoms with E-state index >= 15 is 0 Å². The molecule has 0 bridgehead atoms. The van der Waals surface area contributed by atoms with Crippen molar-refractivity contribution in [2.24, 2.45) is 0 Å². The van der Waals surface area contributed by atoms with Gasteiger partial charge in [0.2, 0.25) is 0 Å². The number of hydrogen-bond donors (Lipinski definition) is 0. The van der Waals surface area contributed by atoms with E-state index < -0.39 is 5.66 Å². The van der Waals surface area contributed by atoms with E-state index in [9.17, 15) is 0 Å². The number of hydrogen-bond acceptors (Lipinski definition) is 1. The van der Waals surface area contributed by atoms with Crippen molar-refractivity contribution in [1.29, 1.82) is 0 Å². The molecule has 0 amide bonds. The van der Waals surface area contributed by atoms with E-state index in [1.807, 2.05) is 0 Å². The summed E-state index contributed by atoms with van der Waals surface area (Å²) in [5.74, 6) is 1.82. The Labute approximate surface area is 292 Å². The standard InChI is InChI=1S/C47H22N4O/c1-2-8-25-24(6-1)22-34-31-17-19-36-40-44(31)51-42-30(15-14-27(25)38(34)42)33-11-5-21-49(46(33)51)47(40)39-35(52-36)18-16-28-26-9-3-7-23-12-13-29-32-10-4-20-48(47)45(32)50(43(28)39)41(29)37(23)26/h1-22H/q+2. The van der Waals surface area contributed by atoms with E-state index in [1.165, 1.54) is 120 Å². The van der Waals surface area contributed by atoms with Crippen LogP contribution >= 0.6 is 0 Å². The minimum atomic E-state index is -0.758. The quantitative estimate of drug-likeness (QED) is 0.0905. The van der Waals surface area contributed by atoms with Gasteiger partial charge in [0, 0.05) is 32.3 Å². The van der Waals surface area contributed by atoms with Crippen LogP contribution in [-0.2, 0) is 5.66 Å². The second kappa shape index (κ2) is 7.25.